The number of hydrogen-bond donors (Lipinski definition) is 0. The van der Waals surface area contributed by atoms with Crippen molar-refractivity contribution in [1.82, 2.24) is 10.0 Å². The second kappa shape index (κ2) is 9.52. The summed E-state index contributed by atoms with van der Waals surface area (Å²) in [6.45, 7) is 2.23. The van der Waals surface area contributed by atoms with Crippen LogP contribution in [0.2, 0.25) is 0 Å². The third kappa shape index (κ3) is 4.65. The third-order valence-electron chi connectivity index (χ3n) is 6.11. The molecule has 0 spiro atoms. The van der Waals surface area contributed by atoms with Crippen LogP contribution < -0.4 is 14.2 Å². The average Bonchev–Trinajstić information content (AvgIpc) is 3.45. The normalized spacial score (nSPS) is 15.4. The van der Waals surface area contributed by atoms with Gasteiger partial charge in [-0.2, -0.15) is 0 Å². The molecule has 8 nitrogen and oxygen atoms in total. The van der Waals surface area contributed by atoms with E-state index in [1.807, 2.05) is 12.1 Å². The summed E-state index contributed by atoms with van der Waals surface area (Å²) in [6.07, 6.45) is 2.88. The van der Waals surface area contributed by atoms with E-state index in [0.717, 1.165) is 12.8 Å². The zero-order valence-corrected chi connectivity index (χ0v) is 19.1. The highest BCUT2D eigenvalue weighted by Gasteiger charge is 2.34. The maximum atomic E-state index is 13.4. The van der Waals surface area contributed by atoms with Gasteiger partial charge >= 0.3 is 5.97 Å². The van der Waals surface area contributed by atoms with Crippen LogP contribution in [0.1, 0.15) is 41.3 Å². The Morgan fingerprint density at radius 1 is 0.939 bits per heavy atom. The number of carbonyl (C=O) groups excluding carboxylic acids is 3. The lowest BCUT2D eigenvalue weighted by molar-refractivity contribution is -0.141. The third-order valence-corrected chi connectivity index (χ3v) is 6.11. The Morgan fingerprint density at radius 3 is 2.06 bits per heavy atom. The fraction of sp³-hybridized carbons (Fsp3) is 0.400. The van der Waals surface area contributed by atoms with Crippen LogP contribution in [0, 0.1) is 5.92 Å². The van der Waals surface area contributed by atoms with Gasteiger partial charge in [-0.1, -0.05) is 24.3 Å². The highest BCUT2D eigenvalue weighted by Crippen LogP contribution is 2.39. The summed E-state index contributed by atoms with van der Waals surface area (Å²) in [6, 6.07) is 11.3. The van der Waals surface area contributed by atoms with Crippen LogP contribution in [0.5, 0.6) is 17.2 Å². The van der Waals surface area contributed by atoms with Crippen LogP contribution in [0.3, 0.4) is 0 Å². The molecule has 0 radical (unpaired) electrons. The number of fused-ring (bicyclic) bond motifs is 1. The van der Waals surface area contributed by atoms with E-state index >= 15 is 0 Å². The van der Waals surface area contributed by atoms with E-state index in [9.17, 15) is 14.4 Å². The maximum absolute atomic E-state index is 13.4. The number of carbonyl (C=O) groups is 3. The SMILES string of the molecule is COc1cc(C(=O)N2CCCN2C(=O)CC2Cc3ccccc3C2)cc(OC)c1OC(C)=O. The van der Waals surface area contributed by atoms with Crippen molar-refractivity contribution in [1.29, 1.82) is 0 Å². The fourth-order valence-corrected chi connectivity index (χ4v) is 4.63. The van der Waals surface area contributed by atoms with Crippen molar-refractivity contribution in [3.63, 3.8) is 0 Å². The Hall–Kier alpha value is -3.55. The molecule has 0 bridgehead atoms. The smallest absolute Gasteiger partial charge is 0.308 e. The Kier molecular flexibility index (Phi) is 6.53. The summed E-state index contributed by atoms with van der Waals surface area (Å²) in [5.41, 5.74) is 2.89. The minimum atomic E-state index is -0.531. The number of esters is 1. The molecule has 174 valence electrons. The first-order chi connectivity index (χ1) is 15.9. The topological polar surface area (TPSA) is 85.4 Å². The molecule has 2 aromatic rings. The Bertz CT molecular complexity index is 1030. The molecule has 0 atom stereocenters. The van der Waals surface area contributed by atoms with Crippen LogP contribution in [0.15, 0.2) is 36.4 Å². The number of amides is 2. The van der Waals surface area contributed by atoms with Gasteiger partial charge in [-0.15, -0.1) is 0 Å². The molecular formula is C25H28N2O6. The average molecular weight is 453 g/mol. The molecule has 0 saturated carbocycles. The number of benzene rings is 2. The number of hydrazine groups is 1. The largest absolute Gasteiger partial charge is 0.493 e. The van der Waals surface area contributed by atoms with Gasteiger partial charge in [-0.25, -0.2) is 5.01 Å². The van der Waals surface area contributed by atoms with Gasteiger partial charge in [0.25, 0.3) is 5.91 Å². The van der Waals surface area contributed by atoms with Crippen LogP contribution in [0.4, 0.5) is 0 Å². The number of rotatable bonds is 6. The van der Waals surface area contributed by atoms with Crippen LogP contribution in [0.25, 0.3) is 0 Å². The lowest BCUT2D eigenvalue weighted by atomic mass is 10.0. The zero-order chi connectivity index (χ0) is 23.5. The fourth-order valence-electron chi connectivity index (χ4n) is 4.63. The van der Waals surface area contributed by atoms with Crippen molar-refractivity contribution in [3.05, 3.63) is 53.1 Å². The number of ether oxygens (including phenoxy) is 3. The number of nitrogens with zero attached hydrogens (tertiary/aromatic N) is 2. The molecule has 0 unspecified atom stereocenters. The van der Waals surface area contributed by atoms with Gasteiger partial charge in [0.1, 0.15) is 0 Å². The summed E-state index contributed by atoms with van der Waals surface area (Å²) in [7, 11) is 2.84. The van der Waals surface area contributed by atoms with Gasteiger partial charge in [-0.3, -0.25) is 19.4 Å². The molecule has 2 aliphatic rings. The van der Waals surface area contributed by atoms with Gasteiger partial charge in [0.15, 0.2) is 11.5 Å². The van der Waals surface area contributed by atoms with Crippen LogP contribution in [-0.2, 0) is 22.4 Å². The lowest BCUT2D eigenvalue weighted by Crippen LogP contribution is -2.45. The molecule has 0 aromatic heterocycles. The first-order valence-corrected chi connectivity index (χ1v) is 11.0. The van der Waals surface area contributed by atoms with Gasteiger partial charge < -0.3 is 14.2 Å². The van der Waals surface area contributed by atoms with E-state index in [1.54, 1.807) is 5.01 Å². The van der Waals surface area contributed by atoms with Gasteiger partial charge in [0.2, 0.25) is 11.7 Å². The number of hydrogen-bond acceptors (Lipinski definition) is 6. The van der Waals surface area contributed by atoms with Gasteiger partial charge in [-0.05, 0) is 48.4 Å². The van der Waals surface area contributed by atoms with E-state index in [-0.39, 0.29) is 40.5 Å². The molecular weight excluding hydrogens is 424 g/mol. The van der Waals surface area contributed by atoms with Crippen molar-refractivity contribution in [2.75, 3.05) is 27.3 Å². The summed E-state index contributed by atoms with van der Waals surface area (Å²) < 4.78 is 15.9. The van der Waals surface area contributed by atoms with Crippen molar-refractivity contribution in [3.8, 4) is 17.2 Å². The van der Waals surface area contributed by atoms with Gasteiger partial charge in [0, 0.05) is 32.0 Å². The van der Waals surface area contributed by atoms with E-state index in [1.165, 1.54) is 49.4 Å². The van der Waals surface area contributed by atoms with Crippen molar-refractivity contribution in [2.45, 2.75) is 32.6 Å². The highest BCUT2D eigenvalue weighted by molar-refractivity contribution is 5.97. The highest BCUT2D eigenvalue weighted by atomic mass is 16.6. The maximum Gasteiger partial charge on any atom is 0.308 e. The zero-order valence-electron chi connectivity index (χ0n) is 19.1. The summed E-state index contributed by atoms with van der Waals surface area (Å²) in [4.78, 5) is 38.0. The van der Waals surface area contributed by atoms with E-state index in [0.29, 0.717) is 25.9 Å². The molecule has 1 saturated heterocycles. The molecule has 0 N–H and O–H groups in total. The Morgan fingerprint density at radius 2 is 1.52 bits per heavy atom. The standard InChI is InChI=1S/C25H28N2O6/c1-16(28)33-24-21(31-2)14-20(15-22(24)32-3)25(30)27-10-6-9-26(27)23(29)13-17-11-18-7-4-5-8-19(18)12-17/h4-5,7-8,14-15,17H,6,9-13H2,1-3H3. The molecule has 4 rings (SSSR count). The predicted molar refractivity (Wildman–Crippen MR) is 120 cm³/mol. The van der Waals surface area contributed by atoms with E-state index in [4.69, 9.17) is 14.2 Å². The minimum absolute atomic E-state index is 0.0471. The lowest BCUT2D eigenvalue weighted by Gasteiger charge is -2.29. The van der Waals surface area contributed by atoms with Crippen molar-refractivity contribution >= 4 is 17.8 Å². The summed E-state index contributed by atoms with van der Waals surface area (Å²) >= 11 is 0. The predicted octanol–water partition coefficient (Wildman–Crippen LogP) is 3.02. The van der Waals surface area contributed by atoms with Crippen molar-refractivity contribution < 1.29 is 28.6 Å². The van der Waals surface area contributed by atoms with Crippen molar-refractivity contribution in [2.24, 2.45) is 5.92 Å². The second-order valence-electron chi connectivity index (χ2n) is 8.35. The molecule has 1 aliphatic carbocycles. The molecule has 2 aromatic carbocycles. The Balaban J connectivity index is 1.51. The quantitative estimate of drug-likeness (QED) is 0.495. The molecule has 33 heavy (non-hydrogen) atoms. The molecule has 8 heteroatoms. The minimum Gasteiger partial charge on any atom is -0.493 e. The first kappa shape index (κ1) is 22.6. The monoisotopic (exact) mass is 452 g/mol. The van der Waals surface area contributed by atoms with Crippen LogP contribution >= 0.6 is 0 Å². The Labute approximate surface area is 193 Å². The molecule has 1 fully saturated rings. The first-order valence-electron chi connectivity index (χ1n) is 11.0. The summed E-state index contributed by atoms with van der Waals surface area (Å²) in [5, 5.41) is 3.05. The molecule has 1 heterocycles. The second-order valence-corrected chi connectivity index (χ2v) is 8.35. The van der Waals surface area contributed by atoms with Crippen LogP contribution in [-0.4, -0.2) is 55.1 Å². The molecule has 2 amide bonds. The van der Waals surface area contributed by atoms with Gasteiger partial charge in [0.05, 0.1) is 14.2 Å². The molecule has 1 aliphatic heterocycles. The summed E-state index contributed by atoms with van der Waals surface area (Å²) in [5.74, 6) is -0.149. The van der Waals surface area contributed by atoms with E-state index in [2.05, 4.69) is 12.1 Å². The number of methoxy groups -OCH3 is 2. The van der Waals surface area contributed by atoms with E-state index < -0.39 is 5.97 Å².